The second-order valence-electron chi connectivity index (χ2n) is 8.34. The molecule has 5 rings (SSSR count). The van der Waals surface area contributed by atoms with Gasteiger partial charge in [-0.25, -0.2) is 4.98 Å². The summed E-state index contributed by atoms with van der Waals surface area (Å²) in [6, 6.07) is 16.2. The number of methoxy groups -OCH3 is 2. The second kappa shape index (κ2) is 9.09. The van der Waals surface area contributed by atoms with Gasteiger partial charge in [0.25, 0.3) is 5.91 Å². The first-order valence-corrected chi connectivity index (χ1v) is 11.2. The van der Waals surface area contributed by atoms with Gasteiger partial charge in [-0.15, -0.1) is 0 Å². The summed E-state index contributed by atoms with van der Waals surface area (Å²) in [6.45, 7) is 2.68. The van der Waals surface area contributed by atoms with Gasteiger partial charge in [-0.3, -0.25) is 4.79 Å². The fraction of sp³-hybridized carbons (Fsp3) is 0.231. The first-order chi connectivity index (χ1) is 17.0. The molecule has 0 saturated carbocycles. The molecular weight excluding hydrogens is 448 g/mol. The Hall–Kier alpha value is -4.40. The summed E-state index contributed by atoms with van der Waals surface area (Å²) in [4.78, 5) is 24.9. The third-order valence-electron chi connectivity index (χ3n) is 6.28. The second-order valence-corrected chi connectivity index (χ2v) is 8.34. The molecule has 2 heterocycles. The quantitative estimate of drug-likeness (QED) is 0.379. The lowest BCUT2D eigenvalue weighted by atomic mass is 10.1. The number of imidazole rings is 1. The molecule has 9 heteroatoms. The molecule has 35 heavy (non-hydrogen) atoms. The Morgan fingerprint density at radius 1 is 0.943 bits per heavy atom. The van der Waals surface area contributed by atoms with Crippen LogP contribution in [-0.2, 0) is 0 Å². The number of carbonyl (C=O) groups is 1. The topological polar surface area (TPSA) is 111 Å². The molecule has 1 aromatic heterocycles. The number of aromatic hydroxyl groups is 2. The number of hydrogen-bond acceptors (Lipinski definition) is 7. The number of aromatic amines is 1. The third kappa shape index (κ3) is 4.28. The van der Waals surface area contributed by atoms with Gasteiger partial charge < -0.3 is 34.5 Å². The summed E-state index contributed by atoms with van der Waals surface area (Å²) in [7, 11) is 3.03. The lowest BCUT2D eigenvalue weighted by Gasteiger charge is -2.36. The van der Waals surface area contributed by atoms with Crippen molar-refractivity contribution in [2.45, 2.75) is 0 Å². The minimum absolute atomic E-state index is 0.0206. The SMILES string of the molecule is COc1ccc(C(=O)N2CCN(c3ccc4[nH]c(-c5cc(O)c(O)c(OC)c5)nc4c3)CC2)cc1. The summed E-state index contributed by atoms with van der Waals surface area (Å²) in [6.07, 6.45) is 0. The number of aromatic nitrogens is 2. The van der Waals surface area contributed by atoms with E-state index >= 15 is 0 Å². The zero-order valence-corrected chi connectivity index (χ0v) is 19.5. The summed E-state index contributed by atoms with van der Waals surface area (Å²) in [5.74, 6) is 0.891. The van der Waals surface area contributed by atoms with E-state index < -0.39 is 0 Å². The van der Waals surface area contributed by atoms with Crippen LogP contribution in [0.1, 0.15) is 10.4 Å². The molecule has 4 aromatic rings. The number of nitrogens with one attached hydrogen (secondary N) is 1. The molecule has 0 bridgehead atoms. The van der Waals surface area contributed by atoms with Crippen molar-refractivity contribution in [3.8, 4) is 34.4 Å². The number of piperazine rings is 1. The van der Waals surface area contributed by atoms with Gasteiger partial charge in [-0.1, -0.05) is 0 Å². The number of phenols is 2. The third-order valence-corrected chi connectivity index (χ3v) is 6.28. The van der Waals surface area contributed by atoms with Crippen LogP contribution in [0, 0.1) is 0 Å². The normalized spacial score (nSPS) is 13.8. The minimum Gasteiger partial charge on any atom is -0.504 e. The number of benzene rings is 3. The van der Waals surface area contributed by atoms with Crippen molar-refractivity contribution in [2.75, 3.05) is 45.3 Å². The molecule has 0 aliphatic carbocycles. The highest BCUT2D eigenvalue weighted by atomic mass is 16.5. The predicted molar refractivity (Wildman–Crippen MR) is 133 cm³/mol. The van der Waals surface area contributed by atoms with Gasteiger partial charge in [0.1, 0.15) is 11.6 Å². The number of rotatable bonds is 5. The van der Waals surface area contributed by atoms with E-state index in [-0.39, 0.29) is 23.2 Å². The van der Waals surface area contributed by atoms with Crippen LogP contribution in [0.3, 0.4) is 0 Å². The average molecular weight is 475 g/mol. The first kappa shape index (κ1) is 22.4. The lowest BCUT2D eigenvalue weighted by molar-refractivity contribution is 0.0746. The summed E-state index contributed by atoms with van der Waals surface area (Å²) >= 11 is 0. The molecule has 180 valence electrons. The van der Waals surface area contributed by atoms with Crippen LogP contribution in [0.25, 0.3) is 22.4 Å². The summed E-state index contributed by atoms with van der Waals surface area (Å²) in [5.41, 5.74) is 3.91. The van der Waals surface area contributed by atoms with Gasteiger partial charge in [0.15, 0.2) is 11.5 Å². The van der Waals surface area contributed by atoms with E-state index in [1.807, 2.05) is 23.1 Å². The number of phenolic OH excluding ortho intramolecular Hbond substituents is 2. The minimum atomic E-state index is -0.306. The van der Waals surface area contributed by atoms with E-state index in [0.29, 0.717) is 43.1 Å². The van der Waals surface area contributed by atoms with Gasteiger partial charge in [0.2, 0.25) is 5.75 Å². The summed E-state index contributed by atoms with van der Waals surface area (Å²) < 4.78 is 10.3. The largest absolute Gasteiger partial charge is 0.504 e. The van der Waals surface area contributed by atoms with Crippen LogP contribution < -0.4 is 14.4 Å². The van der Waals surface area contributed by atoms with E-state index in [2.05, 4.69) is 14.9 Å². The molecule has 1 fully saturated rings. The Morgan fingerprint density at radius 3 is 2.37 bits per heavy atom. The van der Waals surface area contributed by atoms with Gasteiger partial charge in [-0.05, 0) is 54.6 Å². The van der Waals surface area contributed by atoms with Crippen LogP contribution in [0.2, 0.25) is 0 Å². The van der Waals surface area contributed by atoms with Crippen LogP contribution in [0.15, 0.2) is 54.6 Å². The zero-order chi connectivity index (χ0) is 24.5. The Balaban J connectivity index is 1.30. The highest BCUT2D eigenvalue weighted by Crippen LogP contribution is 2.39. The van der Waals surface area contributed by atoms with Crippen molar-refractivity contribution in [1.82, 2.24) is 14.9 Å². The maximum atomic E-state index is 12.9. The fourth-order valence-corrected chi connectivity index (χ4v) is 4.30. The standard InChI is InChI=1S/C26H26N4O5/c1-34-19-6-3-16(4-7-19)26(33)30-11-9-29(10-12-30)18-5-8-20-21(15-18)28-25(27-20)17-13-22(31)24(32)23(14-17)35-2/h3-8,13-15,31-32H,9-12H2,1-2H3,(H,27,28). The number of fused-ring (bicyclic) bond motifs is 1. The molecular formula is C26H26N4O5. The van der Waals surface area contributed by atoms with Crippen molar-refractivity contribution in [3.63, 3.8) is 0 Å². The van der Waals surface area contributed by atoms with Gasteiger partial charge in [0.05, 0.1) is 25.3 Å². The van der Waals surface area contributed by atoms with Gasteiger partial charge >= 0.3 is 0 Å². The first-order valence-electron chi connectivity index (χ1n) is 11.2. The van der Waals surface area contributed by atoms with E-state index in [4.69, 9.17) is 9.47 Å². The Kier molecular flexibility index (Phi) is 5.82. The van der Waals surface area contributed by atoms with Crippen LogP contribution in [0.4, 0.5) is 5.69 Å². The monoisotopic (exact) mass is 474 g/mol. The molecule has 3 aromatic carbocycles. The molecule has 0 atom stereocenters. The Morgan fingerprint density at radius 2 is 1.69 bits per heavy atom. The van der Waals surface area contributed by atoms with Crippen LogP contribution in [0.5, 0.6) is 23.0 Å². The molecule has 0 spiro atoms. The molecule has 0 radical (unpaired) electrons. The zero-order valence-electron chi connectivity index (χ0n) is 19.5. The Bertz CT molecular complexity index is 1370. The molecule has 1 aliphatic heterocycles. The number of ether oxygens (including phenoxy) is 2. The molecule has 1 saturated heterocycles. The number of carbonyl (C=O) groups excluding carboxylic acids is 1. The number of anilines is 1. The maximum absolute atomic E-state index is 12.9. The Labute approximate surface area is 202 Å². The molecule has 1 amide bonds. The lowest BCUT2D eigenvalue weighted by Crippen LogP contribution is -2.48. The highest BCUT2D eigenvalue weighted by molar-refractivity contribution is 5.94. The highest BCUT2D eigenvalue weighted by Gasteiger charge is 2.23. The summed E-state index contributed by atoms with van der Waals surface area (Å²) in [5, 5.41) is 19.9. The van der Waals surface area contributed by atoms with Crippen molar-refractivity contribution >= 4 is 22.6 Å². The van der Waals surface area contributed by atoms with E-state index in [9.17, 15) is 15.0 Å². The van der Waals surface area contributed by atoms with Gasteiger partial charge in [-0.2, -0.15) is 0 Å². The predicted octanol–water partition coefficient (Wildman–Crippen LogP) is 3.62. The van der Waals surface area contributed by atoms with E-state index in [1.54, 1.807) is 37.4 Å². The molecule has 0 unspecified atom stereocenters. The molecule has 9 nitrogen and oxygen atoms in total. The smallest absolute Gasteiger partial charge is 0.253 e. The van der Waals surface area contributed by atoms with Crippen molar-refractivity contribution in [3.05, 3.63) is 60.2 Å². The van der Waals surface area contributed by atoms with Crippen LogP contribution in [-0.4, -0.2) is 71.4 Å². The van der Waals surface area contributed by atoms with E-state index in [1.165, 1.54) is 13.2 Å². The fourth-order valence-electron chi connectivity index (χ4n) is 4.30. The number of nitrogens with zero attached hydrogens (tertiary/aromatic N) is 3. The average Bonchev–Trinajstić information content (AvgIpc) is 3.33. The maximum Gasteiger partial charge on any atom is 0.253 e. The van der Waals surface area contributed by atoms with E-state index in [0.717, 1.165) is 22.5 Å². The van der Waals surface area contributed by atoms with Crippen molar-refractivity contribution < 1.29 is 24.5 Å². The molecule has 3 N–H and O–H groups in total. The van der Waals surface area contributed by atoms with Crippen molar-refractivity contribution in [2.24, 2.45) is 0 Å². The number of H-pyrrole nitrogens is 1. The number of amides is 1. The number of hydrogen-bond donors (Lipinski definition) is 3. The molecule has 1 aliphatic rings. The van der Waals surface area contributed by atoms with Crippen LogP contribution >= 0.6 is 0 Å². The van der Waals surface area contributed by atoms with Crippen molar-refractivity contribution in [1.29, 1.82) is 0 Å². The van der Waals surface area contributed by atoms with Gasteiger partial charge in [0, 0.05) is 43.0 Å².